The number of hydrogen-bond donors (Lipinski definition) is 3. The van der Waals surface area contributed by atoms with Crippen molar-refractivity contribution in [3.8, 4) is 0 Å². The van der Waals surface area contributed by atoms with Crippen molar-refractivity contribution in [2.45, 2.75) is 58.2 Å². The fraction of sp³-hybridized carbons (Fsp3) is 0.706. The van der Waals surface area contributed by atoms with Gasteiger partial charge in [-0.2, -0.15) is 0 Å². The van der Waals surface area contributed by atoms with E-state index in [1.165, 1.54) is 6.92 Å². The maximum atomic E-state index is 12.3. The molecule has 0 aromatic heterocycles. The number of rotatable bonds is 10. The standard InChI is InChI=1S/C17H29N5O5/c1-11(20-14(24)10-22(5)6)15(25)21-13(8-7-12(23)9-19-18)16(26)27-17(2,3)4/h9,11,13,18H,7-8,10H2,1-6H3,(H-,20,21,24,25)/p+1/t11-,13-/m0/s1. The van der Waals surface area contributed by atoms with Gasteiger partial charge in [-0.25, -0.2) is 4.79 Å². The fourth-order valence-electron chi connectivity index (χ4n) is 1.98. The molecule has 0 unspecified atom stereocenters. The fourth-order valence-corrected chi connectivity index (χ4v) is 1.98. The van der Waals surface area contributed by atoms with Gasteiger partial charge in [0.25, 0.3) is 0 Å². The van der Waals surface area contributed by atoms with Crippen LogP contribution in [-0.4, -0.2) is 77.8 Å². The first-order valence-electron chi connectivity index (χ1n) is 8.55. The summed E-state index contributed by atoms with van der Waals surface area (Å²) in [5, 5.41) is 5.04. The van der Waals surface area contributed by atoms with Crippen molar-refractivity contribution in [1.29, 1.82) is 5.53 Å². The Balaban J connectivity index is 5.01. The minimum atomic E-state index is -1.06. The highest BCUT2D eigenvalue weighted by Crippen LogP contribution is 2.11. The van der Waals surface area contributed by atoms with Crippen LogP contribution in [-0.2, 0) is 23.9 Å². The molecular weight excluding hydrogens is 354 g/mol. The van der Waals surface area contributed by atoms with E-state index in [9.17, 15) is 19.2 Å². The topological polar surface area (TPSA) is 143 Å². The Kier molecular flexibility index (Phi) is 10.1. The van der Waals surface area contributed by atoms with Gasteiger partial charge in [-0.05, 0) is 48.2 Å². The lowest BCUT2D eigenvalue weighted by atomic mass is 10.1. The zero-order valence-corrected chi connectivity index (χ0v) is 16.8. The Morgan fingerprint density at radius 2 is 1.78 bits per heavy atom. The van der Waals surface area contributed by atoms with Gasteiger partial charge in [0.2, 0.25) is 17.6 Å². The molecule has 0 aromatic rings. The summed E-state index contributed by atoms with van der Waals surface area (Å²) in [6.45, 7) is 6.67. The lowest BCUT2D eigenvalue weighted by molar-refractivity contribution is -0.159. The first kappa shape index (κ1) is 24.4. The molecule has 0 aliphatic rings. The van der Waals surface area contributed by atoms with E-state index in [1.54, 1.807) is 39.8 Å². The molecule has 27 heavy (non-hydrogen) atoms. The van der Waals surface area contributed by atoms with Crippen molar-refractivity contribution in [1.82, 2.24) is 15.5 Å². The number of nitrogens with zero attached hydrogens (tertiary/aromatic N) is 2. The van der Waals surface area contributed by atoms with Crippen LogP contribution in [0.1, 0.15) is 40.5 Å². The molecule has 0 aromatic carbocycles. The number of hydrogen-bond acceptors (Lipinski definition) is 7. The van der Waals surface area contributed by atoms with E-state index in [4.69, 9.17) is 10.3 Å². The average molecular weight is 384 g/mol. The summed E-state index contributed by atoms with van der Waals surface area (Å²) in [5.74, 6) is -2.03. The molecule has 0 spiro atoms. The van der Waals surface area contributed by atoms with E-state index in [1.807, 2.05) is 0 Å². The molecule has 0 radical (unpaired) electrons. The van der Waals surface area contributed by atoms with Gasteiger partial charge >= 0.3 is 12.2 Å². The molecule has 0 aliphatic heterocycles. The lowest BCUT2D eigenvalue weighted by Gasteiger charge is -2.25. The van der Waals surface area contributed by atoms with Crippen LogP contribution in [0.2, 0.25) is 0 Å². The van der Waals surface area contributed by atoms with E-state index >= 15 is 0 Å². The van der Waals surface area contributed by atoms with E-state index in [-0.39, 0.29) is 25.3 Å². The van der Waals surface area contributed by atoms with Crippen LogP contribution < -0.4 is 10.6 Å². The van der Waals surface area contributed by atoms with Crippen molar-refractivity contribution in [2.24, 2.45) is 0 Å². The predicted molar refractivity (Wildman–Crippen MR) is 97.2 cm³/mol. The van der Waals surface area contributed by atoms with E-state index < -0.39 is 35.3 Å². The van der Waals surface area contributed by atoms with Gasteiger partial charge in [0, 0.05) is 6.42 Å². The zero-order valence-electron chi connectivity index (χ0n) is 16.8. The van der Waals surface area contributed by atoms with Crippen molar-refractivity contribution in [3.05, 3.63) is 0 Å². The number of nitrogens with one attached hydrogen (secondary N) is 3. The highest BCUT2D eigenvalue weighted by Gasteiger charge is 2.29. The molecule has 0 aliphatic carbocycles. The average Bonchev–Trinajstić information content (AvgIpc) is 2.48. The highest BCUT2D eigenvalue weighted by atomic mass is 16.6. The molecule has 0 saturated carbocycles. The van der Waals surface area contributed by atoms with Crippen molar-refractivity contribution in [3.63, 3.8) is 0 Å². The van der Waals surface area contributed by atoms with Crippen LogP contribution in [0.25, 0.3) is 0 Å². The third-order valence-electron chi connectivity index (χ3n) is 3.13. The second-order valence-electron chi connectivity index (χ2n) is 7.38. The van der Waals surface area contributed by atoms with E-state index in [2.05, 4.69) is 15.4 Å². The zero-order chi connectivity index (χ0) is 21.2. The molecule has 0 rings (SSSR count). The van der Waals surface area contributed by atoms with Crippen LogP contribution in [0.3, 0.4) is 0 Å². The Labute approximate surface area is 159 Å². The van der Waals surface area contributed by atoms with Gasteiger partial charge in [0.15, 0.2) is 0 Å². The largest absolute Gasteiger partial charge is 0.458 e. The van der Waals surface area contributed by atoms with Crippen LogP contribution in [0, 0.1) is 5.53 Å². The number of ketones is 1. The van der Waals surface area contributed by atoms with Gasteiger partial charge in [0.1, 0.15) is 17.7 Å². The van der Waals surface area contributed by atoms with Gasteiger partial charge in [-0.3, -0.25) is 14.4 Å². The summed E-state index contributed by atoms with van der Waals surface area (Å²) in [4.78, 5) is 52.5. The summed E-state index contributed by atoms with van der Waals surface area (Å²) in [6, 6.07) is -1.93. The summed E-state index contributed by atoms with van der Waals surface area (Å²) >= 11 is 0. The number of carbonyl (C=O) groups is 4. The summed E-state index contributed by atoms with van der Waals surface area (Å²) in [6.07, 6.45) is 0.732. The van der Waals surface area contributed by atoms with Crippen LogP contribution >= 0.6 is 0 Å². The van der Waals surface area contributed by atoms with Gasteiger partial charge < -0.3 is 20.3 Å². The maximum Gasteiger partial charge on any atom is 0.372 e. The van der Waals surface area contributed by atoms with Crippen molar-refractivity contribution >= 4 is 29.8 Å². The van der Waals surface area contributed by atoms with E-state index in [0.29, 0.717) is 0 Å². The maximum absolute atomic E-state index is 12.3. The van der Waals surface area contributed by atoms with E-state index in [0.717, 1.165) is 6.21 Å². The molecule has 2 atom stereocenters. The normalized spacial score (nSPS) is 13.1. The minimum Gasteiger partial charge on any atom is -0.458 e. The van der Waals surface area contributed by atoms with Crippen molar-refractivity contribution in [2.75, 3.05) is 20.6 Å². The lowest BCUT2D eigenvalue weighted by Crippen LogP contribution is -2.52. The van der Waals surface area contributed by atoms with Crippen LogP contribution in [0.5, 0.6) is 0 Å². The third-order valence-corrected chi connectivity index (χ3v) is 3.13. The quantitative estimate of drug-likeness (QED) is 0.201. The predicted octanol–water partition coefficient (Wildman–Crippen LogP) is -0.462. The van der Waals surface area contributed by atoms with Gasteiger partial charge in [-0.15, -0.1) is 0 Å². The summed E-state index contributed by atoms with van der Waals surface area (Å²) in [7, 11) is 3.44. The first-order valence-corrected chi connectivity index (χ1v) is 8.55. The SMILES string of the molecule is C[C@H](NC(=O)CN(C)C)C(=O)N[C@@H](CCC(=O)C=[N+]=N)C(=O)OC(C)(C)C. The Bertz CT molecular complexity index is 605. The molecule has 0 saturated heterocycles. The van der Waals surface area contributed by atoms with Crippen LogP contribution in [0.15, 0.2) is 0 Å². The first-order chi connectivity index (χ1) is 12.4. The third kappa shape index (κ3) is 11.6. The number of esters is 1. The molecule has 0 bridgehead atoms. The molecule has 10 heteroatoms. The second kappa shape index (κ2) is 11.2. The molecule has 0 fully saturated rings. The molecule has 0 heterocycles. The monoisotopic (exact) mass is 384 g/mol. The number of Topliss-reactive ketones (excluding diaryl/α,β-unsaturated/α-hetero) is 1. The summed E-state index contributed by atoms with van der Waals surface area (Å²) < 4.78 is 5.28. The van der Waals surface area contributed by atoms with Crippen LogP contribution in [0.4, 0.5) is 0 Å². The molecule has 3 N–H and O–H groups in total. The highest BCUT2D eigenvalue weighted by molar-refractivity contribution is 6.25. The molecular formula is C17H30N5O5+. The van der Waals surface area contributed by atoms with Gasteiger partial charge in [-0.1, -0.05) is 0 Å². The molecule has 10 nitrogen and oxygen atoms in total. The molecule has 2 amide bonds. The Hall–Kier alpha value is -2.58. The molecule has 152 valence electrons. The number of likely N-dealkylation sites (N-methyl/N-ethyl adjacent to an activating group) is 1. The number of carbonyl (C=O) groups excluding carboxylic acids is 4. The number of amides is 2. The Morgan fingerprint density at radius 1 is 1.19 bits per heavy atom. The number of ether oxygens (including phenoxy) is 1. The smallest absolute Gasteiger partial charge is 0.372 e. The van der Waals surface area contributed by atoms with Crippen molar-refractivity contribution < 1.29 is 28.7 Å². The summed E-state index contributed by atoms with van der Waals surface area (Å²) in [5.41, 5.74) is 5.88. The second-order valence-corrected chi connectivity index (χ2v) is 7.38. The van der Waals surface area contributed by atoms with Gasteiger partial charge in [0.05, 0.1) is 16.9 Å². The minimum absolute atomic E-state index is 0.0100. The Morgan fingerprint density at radius 3 is 2.26 bits per heavy atom.